The summed E-state index contributed by atoms with van der Waals surface area (Å²) in [6.45, 7) is 3.00. The molecule has 3 aromatic rings. The van der Waals surface area contributed by atoms with Crippen molar-refractivity contribution in [3.05, 3.63) is 120 Å². The SMILES string of the molecule is CC(=[OH+])C=C(C)O.FC1(F)CCCC=C1c1ccccn1.FC1(F)CCC[C-]=C1c1ccccn1.FC1(F)CCC[C-]=C1c1ccccn1.[Ir].[Ir]. The summed E-state index contributed by atoms with van der Waals surface area (Å²) in [5.41, 5.74) is 1.10. The minimum Gasteiger partial charge on any atom is -0.512 e. The number of aliphatic hydroxyl groups is 1. The van der Waals surface area contributed by atoms with Crippen molar-refractivity contribution < 1.29 is 76.5 Å². The molecular formula is C38H40F6Ir2N3O2-. The summed E-state index contributed by atoms with van der Waals surface area (Å²) in [5.74, 6) is -7.97. The average Bonchev–Trinajstić information content (AvgIpc) is 3.06. The topological polar surface area (TPSA) is 80.3 Å². The number of rotatable bonds is 4. The monoisotopic (exact) mass is 1070 g/mol. The van der Waals surface area contributed by atoms with E-state index in [1.165, 1.54) is 32.3 Å². The molecule has 280 valence electrons. The third kappa shape index (κ3) is 15.1. The van der Waals surface area contributed by atoms with E-state index in [4.69, 9.17) is 9.90 Å². The fourth-order valence-corrected chi connectivity index (χ4v) is 5.10. The van der Waals surface area contributed by atoms with E-state index in [1.807, 2.05) is 0 Å². The van der Waals surface area contributed by atoms with Gasteiger partial charge in [-0.15, -0.1) is 36.1 Å². The van der Waals surface area contributed by atoms with Gasteiger partial charge in [0.1, 0.15) is 0 Å². The molecule has 0 bridgehead atoms. The third-order valence-electron chi connectivity index (χ3n) is 7.31. The van der Waals surface area contributed by atoms with E-state index in [-0.39, 0.29) is 87.7 Å². The third-order valence-corrected chi connectivity index (χ3v) is 7.31. The molecule has 2 N–H and O–H groups in total. The molecule has 2 radical (unpaired) electrons. The van der Waals surface area contributed by atoms with Crippen molar-refractivity contribution in [2.45, 2.75) is 89.4 Å². The predicted molar refractivity (Wildman–Crippen MR) is 179 cm³/mol. The van der Waals surface area contributed by atoms with Gasteiger partial charge >= 0.3 is 5.78 Å². The van der Waals surface area contributed by atoms with Crippen LogP contribution in [-0.4, -0.2) is 48.4 Å². The number of aliphatic hydroxyl groups excluding tert-OH is 1. The van der Waals surface area contributed by atoms with Gasteiger partial charge in [-0.2, -0.15) is 0 Å². The van der Waals surface area contributed by atoms with Crippen molar-refractivity contribution >= 4 is 22.5 Å². The Kier molecular flexibility index (Phi) is 19.7. The van der Waals surface area contributed by atoms with Gasteiger partial charge in [0.25, 0.3) is 5.92 Å². The normalized spacial score (nSPS) is 18.3. The van der Waals surface area contributed by atoms with Crippen molar-refractivity contribution in [1.29, 1.82) is 0 Å². The first-order valence-corrected chi connectivity index (χ1v) is 15.9. The molecule has 6 rings (SSSR count). The Morgan fingerprint density at radius 1 is 0.667 bits per heavy atom. The number of halogens is 6. The van der Waals surface area contributed by atoms with Gasteiger partial charge in [-0.3, -0.25) is 21.9 Å². The molecule has 0 spiro atoms. The quantitative estimate of drug-likeness (QED) is 0.0928. The van der Waals surface area contributed by atoms with Crippen molar-refractivity contribution in [3.63, 3.8) is 0 Å². The van der Waals surface area contributed by atoms with Crippen LogP contribution in [0.4, 0.5) is 26.3 Å². The summed E-state index contributed by atoms with van der Waals surface area (Å²) in [6, 6.07) is 15.1. The number of hydrogen-bond donors (Lipinski definition) is 1. The average molecular weight is 1070 g/mol. The fraction of sp³-hybridized carbons (Fsp3) is 0.368. The van der Waals surface area contributed by atoms with E-state index in [9.17, 15) is 26.3 Å². The molecule has 0 aliphatic heterocycles. The zero-order valence-corrected chi connectivity index (χ0v) is 32.9. The molecule has 0 unspecified atom stereocenters. The summed E-state index contributed by atoms with van der Waals surface area (Å²) >= 11 is 0. The first-order chi connectivity index (χ1) is 23.2. The van der Waals surface area contributed by atoms with Crippen LogP contribution in [0.15, 0.2) is 91.1 Å². The number of aromatic nitrogens is 3. The number of alkyl halides is 6. The van der Waals surface area contributed by atoms with Crippen molar-refractivity contribution in [1.82, 2.24) is 15.0 Å². The standard InChI is InChI=1S/C11H11F2N.2C11H10F2N.C5H8O2.2Ir/c3*12-11(13)7-3-1-5-9(11)10-6-2-4-8-14-10;1-4(6)3-5(2)7;;/h2,4-6,8H,1,3,7H2;2*2,4,6,8H,1,3,7H2;3,6H,1-2H3;;/q;2*-1;;;/p+1. The van der Waals surface area contributed by atoms with Gasteiger partial charge in [-0.05, 0) is 44.0 Å². The second-order valence-corrected chi connectivity index (χ2v) is 11.5. The van der Waals surface area contributed by atoms with Gasteiger partial charge in [0.05, 0.1) is 24.5 Å². The number of allylic oxidation sites excluding steroid dienone is 8. The van der Waals surface area contributed by atoms with Crippen LogP contribution >= 0.6 is 0 Å². The summed E-state index contributed by atoms with van der Waals surface area (Å²) in [5, 5.41) is 8.40. The zero-order valence-electron chi connectivity index (χ0n) is 28.1. The summed E-state index contributed by atoms with van der Waals surface area (Å²) in [4.78, 5) is 20.2. The Morgan fingerprint density at radius 3 is 1.39 bits per heavy atom. The van der Waals surface area contributed by atoms with Crippen LogP contribution in [0, 0.1) is 12.2 Å². The van der Waals surface area contributed by atoms with Crippen LogP contribution in [0.3, 0.4) is 0 Å². The van der Waals surface area contributed by atoms with E-state index >= 15 is 0 Å². The van der Waals surface area contributed by atoms with Crippen LogP contribution in [0.25, 0.3) is 16.7 Å². The zero-order chi connectivity index (χ0) is 35.9. The van der Waals surface area contributed by atoms with Crippen LogP contribution < -0.4 is 0 Å². The van der Waals surface area contributed by atoms with Crippen LogP contribution in [0.5, 0.6) is 0 Å². The molecule has 3 aromatic heterocycles. The summed E-state index contributed by atoms with van der Waals surface area (Å²) in [6.07, 6.45) is 16.2. The number of carbonyl (C=O) groups excluding carboxylic acids is 1. The molecular weight excluding hydrogens is 1030 g/mol. The van der Waals surface area contributed by atoms with Gasteiger partial charge in [0, 0.05) is 83.6 Å². The van der Waals surface area contributed by atoms with Crippen molar-refractivity contribution in [2.24, 2.45) is 0 Å². The molecule has 0 fully saturated rings. The van der Waals surface area contributed by atoms with Gasteiger partial charge in [-0.25, -0.2) is 26.3 Å². The largest absolute Gasteiger partial charge is 0.512 e. The maximum absolute atomic E-state index is 13.4. The Morgan fingerprint density at radius 2 is 1.08 bits per heavy atom. The van der Waals surface area contributed by atoms with Crippen molar-refractivity contribution in [3.8, 4) is 0 Å². The molecule has 3 aliphatic rings. The molecule has 0 saturated heterocycles. The van der Waals surface area contributed by atoms with Crippen LogP contribution in [0.2, 0.25) is 0 Å². The van der Waals surface area contributed by atoms with E-state index in [0.717, 1.165) is 6.42 Å². The summed E-state index contributed by atoms with van der Waals surface area (Å²) < 4.78 is 80.6. The van der Waals surface area contributed by atoms with Gasteiger partial charge < -0.3 is 15.1 Å². The molecule has 3 heterocycles. The first-order valence-electron chi connectivity index (χ1n) is 15.9. The number of pyridine rings is 3. The molecule has 0 aromatic carbocycles. The number of nitrogens with zero attached hydrogens (tertiary/aromatic N) is 3. The van der Waals surface area contributed by atoms with Gasteiger partial charge in [-0.1, -0.05) is 48.5 Å². The molecule has 0 saturated carbocycles. The van der Waals surface area contributed by atoms with E-state index < -0.39 is 17.8 Å². The minimum atomic E-state index is -2.76. The molecule has 5 nitrogen and oxygen atoms in total. The number of ketones is 1. The maximum Gasteiger partial charge on any atom is 0.316 e. The fourth-order valence-electron chi connectivity index (χ4n) is 5.10. The second-order valence-electron chi connectivity index (χ2n) is 11.5. The maximum atomic E-state index is 13.4. The molecule has 0 amide bonds. The van der Waals surface area contributed by atoms with E-state index in [0.29, 0.717) is 49.2 Å². The molecule has 0 atom stereocenters. The Labute approximate surface area is 322 Å². The van der Waals surface area contributed by atoms with E-state index in [1.54, 1.807) is 66.9 Å². The Bertz CT molecular complexity index is 1440. The van der Waals surface area contributed by atoms with Crippen LogP contribution in [0.1, 0.15) is 88.7 Å². The minimum absolute atomic E-state index is 0. The molecule has 3 aliphatic carbocycles. The smallest absolute Gasteiger partial charge is 0.316 e. The molecule has 13 heteroatoms. The van der Waals surface area contributed by atoms with Gasteiger partial charge in [0.15, 0.2) is 0 Å². The predicted octanol–water partition coefficient (Wildman–Crippen LogP) is 10.5. The van der Waals surface area contributed by atoms with E-state index in [2.05, 4.69) is 27.1 Å². The Hall–Kier alpha value is -3.24. The second kappa shape index (κ2) is 22.0. The first kappa shape index (κ1) is 45.8. The van der Waals surface area contributed by atoms with Gasteiger partial charge in [0.2, 0.25) is 11.8 Å². The summed E-state index contributed by atoms with van der Waals surface area (Å²) in [7, 11) is 0. The van der Waals surface area contributed by atoms with Crippen LogP contribution in [-0.2, 0) is 40.2 Å². The van der Waals surface area contributed by atoms with Crippen molar-refractivity contribution in [2.75, 3.05) is 0 Å². The number of hydrogen-bond acceptors (Lipinski definition) is 4. The Balaban J connectivity index is 0.000000345. The molecule has 51 heavy (non-hydrogen) atoms.